The molecule has 1 aliphatic rings. The van der Waals surface area contributed by atoms with E-state index in [2.05, 4.69) is 15.1 Å². The fourth-order valence-electron chi connectivity index (χ4n) is 2.73. The maximum absolute atomic E-state index is 11.2. The van der Waals surface area contributed by atoms with Crippen molar-refractivity contribution in [2.24, 2.45) is 11.8 Å². The monoisotopic (exact) mass is 257 g/mol. The van der Waals surface area contributed by atoms with Gasteiger partial charge in [0.05, 0.1) is 23.3 Å². The van der Waals surface area contributed by atoms with Crippen LogP contribution < -0.4 is 4.90 Å². The first-order valence-electron chi connectivity index (χ1n) is 6.35. The summed E-state index contributed by atoms with van der Waals surface area (Å²) in [5, 5.41) is 18.3. The van der Waals surface area contributed by atoms with Crippen LogP contribution in [0, 0.1) is 11.8 Å². The molecule has 3 rings (SSSR count). The molecule has 5 heteroatoms. The smallest absolute Gasteiger partial charge is 0.308 e. The fourth-order valence-corrected chi connectivity index (χ4v) is 2.73. The zero-order valence-corrected chi connectivity index (χ0v) is 10.7. The van der Waals surface area contributed by atoms with E-state index in [0.717, 1.165) is 23.1 Å². The third-order valence-electron chi connectivity index (χ3n) is 3.80. The number of carbonyl (C=O) groups is 1. The molecule has 1 aromatic heterocycles. The molecule has 1 N–H and O–H groups in total. The van der Waals surface area contributed by atoms with Crippen LogP contribution in [0.2, 0.25) is 0 Å². The molecule has 2 aromatic rings. The van der Waals surface area contributed by atoms with Crippen LogP contribution in [0.3, 0.4) is 0 Å². The first-order chi connectivity index (χ1) is 9.16. The lowest BCUT2D eigenvalue weighted by molar-refractivity contribution is -0.142. The number of anilines is 1. The number of aromatic nitrogens is 2. The number of carboxylic acids is 1. The Balaban J connectivity index is 2.00. The number of carboxylic acid groups (broad SMARTS) is 1. The van der Waals surface area contributed by atoms with Crippen molar-refractivity contribution in [2.45, 2.75) is 6.92 Å². The van der Waals surface area contributed by atoms with Gasteiger partial charge in [-0.25, -0.2) is 0 Å². The van der Waals surface area contributed by atoms with E-state index >= 15 is 0 Å². The zero-order valence-electron chi connectivity index (χ0n) is 10.7. The molecule has 0 saturated carbocycles. The van der Waals surface area contributed by atoms with Gasteiger partial charge in [0, 0.05) is 18.5 Å². The maximum Gasteiger partial charge on any atom is 0.308 e. The van der Waals surface area contributed by atoms with E-state index in [1.54, 1.807) is 6.20 Å². The molecule has 0 spiro atoms. The second-order valence-corrected chi connectivity index (χ2v) is 5.07. The second-order valence-electron chi connectivity index (χ2n) is 5.07. The van der Waals surface area contributed by atoms with Crippen LogP contribution in [0.1, 0.15) is 6.92 Å². The van der Waals surface area contributed by atoms with Crippen molar-refractivity contribution in [3.05, 3.63) is 30.5 Å². The van der Waals surface area contributed by atoms with E-state index in [1.165, 1.54) is 0 Å². The topological polar surface area (TPSA) is 66.3 Å². The number of benzene rings is 1. The number of hydrogen-bond donors (Lipinski definition) is 1. The Bertz CT molecular complexity index is 624. The lowest BCUT2D eigenvalue weighted by Crippen LogP contribution is -2.23. The Labute approximate surface area is 110 Å². The third-order valence-corrected chi connectivity index (χ3v) is 3.80. The highest BCUT2D eigenvalue weighted by Crippen LogP contribution is 2.31. The van der Waals surface area contributed by atoms with Crippen molar-refractivity contribution >= 4 is 22.6 Å². The molecule has 0 radical (unpaired) electrons. The molecule has 0 bridgehead atoms. The average Bonchev–Trinajstić information content (AvgIpc) is 2.80. The minimum absolute atomic E-state index is 0.143. The summed E-state index contributed by atoms with van der Waals surface area (Å²) in [6, 6.07) is 7.80. The van der Waals surface area contributed by atoms with Gasteiger partial charge in [-0.15, -0.1) is 0 Å². The van der Waals surface area contributed by atoms with E-state index in [9.17, 15) is 9.90 Å². The molecule has 19 heavy (non-hydrogen) atoms. The van der Waals surface area contributed by atoms with Gasteiger partial charge in [-0.3, -0.25) is 4.79 Å². The minimum Gasteiger partial charge on any atom is -0.481 e. The second kappa shape index (κ2) is 4.50. The number of hydrogen-bond acceptors (Lipinski definition) is 4. The molecule has 1 fully saturated rings. The van der Waals surface area contributed by atoms with Crippen molar-refractivity contribution in [3.8, 4) is 0 Å². The summed E-state index contributed by atoms with van der Waals surface area (Å²) in [5.74, 6) is -0.891. The van der Waals surface area contributed by atoms with Crippen LogP contribution in [-0.4, -0.2) is 34.4 Å². The van der Waals surface area contributed by atoms with Gasteiger partial charge in [-0.2, -0.15) is 10.2 Å². The minimum atomic E-state index is -0.721. The van der Waals surface area contributed by atoms with Gasteiger partial charge in [0.15, 0.2) is 0 Å². The fraction of sp³-hybridized carbons (Fsp3) is 0.357. The average molecular weight is 257 g/mol. The van der Waals surface area contributed by atoms with E-state index in [1.807, 2.05) is 31.2 Å². The van der Waals surface area contributed by atoms with Crippen LogP contribution in [0.5, 0.6) is 0 Å². The van der Waals surface area contributed by atoms with Crippen molar-refractivity contribution in [1.29, 1.82) is 0 Å². The Morgan fingerprint density at radius 3 is 2.89 bits per heavy atom. The van der Waals surface area contributed by atoms with Gasteiger partial charge >= 0.3 is 5.97 Å². The third kappa shape index (κ3) is 2.01. The van der Waals surface area contributed by atoms with Gasteiger partial charge in [-0.05, 0) is 12.0 Å². The summed E-state index contributed by atoms with van der Waals surface area (Å²) in [7, 11) is 0. The van der Waals surface area contributed by atoms with Crippen molar-refractivity contribution in [1.82, 2.24) is 10.2 Å². The van der Waals surface area contributed by atoms with Gasteiger partial charge in [-0.1, -0.05) is 25.1 Å². The van der Waals surface area contributed by atoms with Gasteiger partial charge in [0.25, 0.3) is 0 Å². The largest absolute Gasteiger partial charge is 0.481 e. The van der Waals surface area contributed by atoms with E-state index in [-0.39, 0.29) is 11.8 Å². The highest BCUT2D eigenvalue weighted by molar-refractivity contribution is 5.91. The van der Waals surface area contributed by atoms with Crippen molar-refractivity contribution < 1.29 is 9.90 Å². The molecular weight excluding hydrogens is 242 g/mol. The molecule has 0 amide bonds. The lowest BCUT2D eigenvalue weighted by atomic mass is 9.99. The summed E-state index contributed by atoms with van der Waals surface area (Å²) in [5.41, 5.74) is 1.81. The summed E-state index contributed by atoms with van der Waals surface area (Å²) < 4.78 is 0. The first-order valence-corrected chi connectivity index (χ1v) is 6.35. The molecule has 1 aromatic carbocycles. The summed E-state index contributed by atoms with van der Waals surface area (Å²) in [6.07, 6.45) is 1.72. The molecule has 2 atom stereocenters. The van der Waals surface area contributed by atoms with E-state index in [4.69, 9.17) is 0 Å². The normalized spacial score (nSPS) is 22.9. The Kier molecular flexibility index (Phi) is 2.81. The lowest BCUT2D eigenvalue weighted by Gasteiger charge is -2.19. The molecule has 0 unspecified atom stereocenters. The summed E-state index contributed by atoms with van der Waals surface area (Å²) >= 11 is 0. The molecule has 5 nitrogen and oxygen atoms in total. The SMILES string of the molecule is C[C@@H]1CN(c2cnnc3ccccc23)C[C@H]1C(=O)O. The molecule has 98 valence electrons. The van der Waals surface area contributed by atoms with Crippen LogP contribution >= 0.6 is 0 Å². The highest BCUT2D eigenvalue weighted by atomic mass is 16.4. The molecule has 2 heterocycles. The van der Waals surface area contributed by atoms with Crippen molar-refractivity contribution in [3.63, 3.8) is 0 Å². The first kappa shape index (κ1) is 11.9. The summed E-state index contributed by atoms with van der Waals surface area (Å²) in [4.78, 5) is 13.3. The Morgan fingerprint density at radius 2 is 2.16 bits per heavy atom. The van der Waals surface area contributed by atoms with E-state index in [0.29, 0.717) is 6.54 Å². The Hall–Kier alpha value is -2.17. The zero-order chi connectivity index (χ0) is 13.4. The predicted molar refractivity (Wildman–Crippen MR) is 72.0 cm³/mol. The summed E-state index contributed by atoms with van der Waals surface area (Å²) in [6.45, 7) is 3.26. The molecule has 1 saturated heterocycles. The van der Waals surface area contributed by atoms with Crippen LogP contribution in [0.25, 0.3) is 10.9 Å². The molecule has 0 aliphatic carbocycles. The Morgan fingerprint density at radius 1 is 1.37 bits per heavy atom. The standard InChI is InChI=1S/C14H15N3O2/c1-9-7-17(8-11(9)14(18)19)13-6-15-16-12-5-3-2-4-10(12)13/h2-6,9,11H,7-8H2,1H3,(H,18,19)/t9-,11-/m1/s1. The number of nitrogens with zero attached hydrogens (tertiary/aromatic N) is 3. The van der Waals surface area contributed by atoms with Crippen molar-refractivity contribution in [2.75, 3.05) is 18.0 Å². The maximum atomic E-state index is 11.2. The van der Waals surface area contributed by atoms with Crippen LogP contribution in [0.15, 0.2) is 30.5 Å². The van der Waals surface area contributed by atoms with Gasteiger partial charge in [0.1, 0.15) is 0 Å². The number of aliphatic carboxylic acids is 1. The quantitative estimate of drug-likeness (QED) is 0.888. The van der Waals surface area contributed by atoms with Crippen LogP contribution in [0.4, 0.5) is 5.69 Å². The van der Waals surface area contributed by atoms with Gasteiger partial charge < -0.3 is 10.0 Å². The highest BCUT2D eigenvalue weighted by Gasteiger charge is 2.35. The molecular formula is C14H15N3O2. The predicted octanol–water partition coefficient (Wildman–Crippen LogP) is 1.79. The van der Waals surface area contributed by atoms with Gasteiger partial charge in [0.2, 0.25) is 0 Å². The number of fused-ring (bicyclic) bond motifs is 1. The molecule has 1 aliphatic heterocycles. The van der Waals surface area contributed by atoms with Crippen LogP contribution in [-0.2, 0) is 4.79 Å². The number of rotatable bonds is 2. The van der Waals surface area contributed by atoms with E-state index < -0.39 is 5.97 Å².